The molecule has 2 N–H and O–H groups in total. The third kappa shape index (κ3) is 3.59. The normalized spacial score (nSPS) is 22.6. The average Bonchev–Trinajstić information content (AvgIpc) is 3.08. The predicted octanol–water partition coefficient (Wildman–Crippen LogP) is 1.56. The number of β-amino-alcohol motifs (C(OH)–C–C–N with tert-alkyl or cyclic N) is 1. The lowest BCUT2D eigenvalue weighted by Crippen LogP contribution is -2.39. The van der Waals surface area contributed by atoms with Crippen molar-refractivity contribution in [1.29, 1.82) is 0 Å². The summed E-state index contributed by atoms with van der Waals surface area (Å²) in [6.07, 6.45) is 2.35. The minimum absolute atomic E-state index is 0.163. The Morgan fingerprint density at radius 2 is 2.33 bits per heavy atom. The summed E-state index contributed by atoms with van der Waals surface area (Å²) in [5.74, 6) is 0.0993. The third-order valence-electron chi connectivity index (χ3n) is 3.67. The maximum atomic E-state index is 13.1. The fraction of sp³-hybridized carbons (Fsp3) is 0.400. The second kappa shape index (κ2) is 5.83. The van der Waals surface area contributed by atoms with Crippen LogP contribution in [0, 0.1) is 5.82 Å². The zero-order chi connectivity index (χ0) is 14.7. The smallest absolute Gasteiger partial charge is 0.126 e. The van der Waals surface area contributed by atoms with Gasteiger partial charge in [-0.15, -0.1) is 0 Å². The molecule has 1 saturated heterocycles. The van der Waals surface area contributed by atoms with Crippen LogP contribution in [-0.4, -0.2) is 45.5 Å². The number of aromatic nitrogens is 2. The van der Waals surface area contributed by atoms with Gasteiger partial charge in [-0.25, -0.2) is 4.39 Å². The largest absolute Gasteiger partial charge is 0.490 e. The number of halogens is 1. The Hall–Kier alpha value is -1.92. The lowest BCUT2D eigenvalue weighted by atomic mass is 10.1. The fourth-order valence-electron chi connectivity index (χ4n) is 2.58. The summed E-state index contributed by atoms with van der Waals surface area (Å²) in [4.78, 5) is 2.14. The minimum Gasteiger partial charge on any atom is -0.490 e. The lowest BCUT2D eigenvalue weighted by molar-refractivity contribution is 0.00321. The summed E-state index contributed by atoms with van der Waals surface area (Å²) in [6.45, 7) is 2.21. The Morgan fingerprint density at radius 3 is 3.10 bits per heavy atom. The zero-order valence-corrected chi connectivity index (χ0v) is 11.6. The zero-order valence-electron chi connectivity index (χ0n) is 11.6. The van der Waals surface area contributed by atoms with Crippen molar-refractivity contribution in [1.82, 2.24) is 15.1 Å². The number of ether oxygens (including phenoxy) is 1. The van der Waals surface area contributed by atoms with Crippen LogP contribution in [0.3, 0.4) is 0 Å². The molecule has 1 aromatic heterocycles. The van der Waals surface area contributed by atoms with E-state index in [1.165, 1.54) is 12.1 Å². The van der Waals surface area contributed by atoms with E-state index in [1.807, 2.05) is 6.07 Å². The molecule has 0 saturated carbocycles. The summed E-state index contributed by atoms with van der Waals surface area (Å²) in [5, 5.41) is 17.4. The van der Waals surface area contributed by atoms with Crippen LogP contribution in [0.5, 0.6) is 5.75 Å². The number of nitrogens with zero attached hydrogens (tertiary/aromatic N) is 2. The van der Waals surface area contributed by atoms with Gasteiger partial charge in [0.25, 0.3) is 0 Å². The SMILES string of the molecule is O[C@@]1(COc2cccc(F)c2)CCN(Cc2ccn[nH]2)C1. The molecule has 0 amide bonds. The highest BCUT2D eigenvalue weighted by Crippen LogP contribution is 2.24. The Labute approximate surface area is 122 Å². The number of H-pyrrole nitrogens is 1. The Morgan fingerprint density at radius 1 is 1.43 bits per heavy atom. The van der Waals surface area contributed by atoms with Gasteiger partial charge in [-0.3, -0.25) is 10.00 Å². The topological polar surface area (TPSA) is 61.4 Å². The molecule has 1 fully saturated rings. The van der Waals surface area contributed by atoms with E-state index in [-0.39, 0.29) is 12.4 Å². The highest BCUT2D eigenvalue weighted by atomic mass is 19.1. The first-order valence-electron chi connectivity index (χ1n) is 6.94. The molecule has 6 heteroatoms. The van der Waals surface area contributed by atoms with Gasteiger partial charge in [-0.05, 0) is 24.6 Å². The molecule has 5 nitrogen and oxygen atoms in total. The first-order chi connectivity index (χ1) is 10.1. The van der Waals surface area contributed by atoms with Crippen molar-refractivity contribution < 1.29 is 14.2 Å². The molecule has 0 aliphatic carbocycles. The number of rotatable bonds is 5. The maximum Gasteiger partial charge on any atom is 0.126 e. The second-order valence-electron chi connectivity index (χ2n) is 5.51. The van der Waals surface area contributed by atoms with Crippen LogP contribution >= 0.6 is 0 Å². The van der Waals surface area contributed by atoms with Gasteiger partial charge in [0.1, 0.15) is 23.8 Å². The summed E-state index contributed by atoms with van der Waals surface area (Å²) < 4.78 is 18.6. The lowest BCUT2D eigenvalue weighted by Gasteiger charge is -2.23. The van der Waals surface area contributed by atoms with Crippen molar-refractivity contribution in [3.63, 3.8) is 0 Å². The van der Waals surface area contributed by atoms with Crippen molar-refractivity contribution in [2.75, 3.05) is 19.7 Å². The highest BCUT2D eigenvalue weighted by Gasteiger charge is 2.36. The summed E-state index contributed by atoms with van der Waals surface area (Å²) in [6, 6.07) is 7.88. The van der Waals surface area contributed by atoms with Crippen molar-refractivity contribution in [3.8, 4) is 5.75 Å². The van der Waals surface area contributed by atoms with E-state index in [1.54, 1.807) is 18.3 Å². The van der Waals surface area contributed by atoms with Gasteiger partial charge in [-0.1, -0.05) is 6.07 Å². The van der Waals surface area contributed by atoms with Crippen LogP contribution in [0.1, 0.15) is 12.1 Å². The van der Waals surface area contributed by atoms with Crippen LogP contribution < -0.4 is 4.74 Å². The molecule has 21 heavy (non-hydrogen) atoms. The molecule has 1 aliphatic rings. The second-order valence-corrected chi connectivity index (χ2v) is 5.51. The number of nitrogens with one attached hydrogen (secondary N) is 1. The number of benzene rings is 1. The summed E-state index contributed by atoms with van der Waals surface area (Å²) in [7, 11) is 0. The van der Waals surface area contributed by atoms with E-state index >= 15 is 0 Å². The first-order valence-corrected chi connectivity index (χ1v) is 6.94. The van der Waals surface area contributed by atoms with Crippen molar-refractivity contribution in [2.45, 2.75) is 18.6 Å². The Bertz CT molecular complexity index is 590. The monoisotopic (exact) mass is 291 g/mol. The molecule has 2 heterocycles. The van der Waals surface area contributed by atoms with Crippen LogP contribution in [-0.2, 0) is 6.54 Å². The molecule has 1 atom stereocenters. The molecule has 3 rings (SSSR count). The highest BCUT2D eigenvalue weighted by molar-refractivity contribution is 5.22. The number of likely N-dealkylation sites (tertiary alicyclic amines) is 1. The minimum atomic E-state index is -0.896. The fourth-order valence-corrected chi connectivity index (χ4v) is 2.58. The molecule has 1 aliphatic heterocycles. The van der Waals surface area contributed by atoms with Gasteiger partial charge >= 0.3 is 0 Å². The average molecular weight is 291 g/mol. The number of aromatic amines is 1. The Balaban J connectivity index is 1.53. The van der Waals surface area contributed by atoms with Gasteiger partial charge in [0, 0.05) is 37.6 Å². The molecule has 0 radical (unpaired) electrons. The van der Waals surface area contributed by atoms with E-state index in [0.29, 0.717) is 18.7 Å². The van der Waals surface area contributed by atoms with Gasteiger partial charge in [0.15, 0.2) is 0 Å². The van der Waals surface area contributed by atoms with Crippen LogP contribution in [0.2, 0.25) is 0 Å². The molecule has 112 valence electrons. The quantitative estimate of drug-likeness (QED) is 0.878. The number of hydrogen-bond acceptors (Lipinski definition) is 4. The summed E-state index contributed by atoms with van der Waals surface area (Å²) in [5.41, 5.74) is 0.122. The first kappa shape index (κ1) is 14.0. The number of hydrogen-bond donors (Lipinski definition) is 2. The number of aliphatic hydroxyl groups is 1. The molecule has 1 aromatic carbocycles. The molecular formula is C15H18FN3O2. The van der Waals surface area contributed by atoms with Gasteiger partial charge in [-0.2, -0.15) is 5.10 Å². The Kier molecular flexibility index (Phi) is 3.90. The molecule has 0 spiro atoms. The maximum absolute atomic E-state index is 13.1. The molecular weight excluding hydrogens is 273 g/mol. The van der Waals surface area contributed by atoms with Crippen LogP contribution in [0.15, 0.2) is 36.5 Å². The molecule has 0 unspecified atom stereocenters. The van der Waals surface area contributed by atoms with Gasteiger partial charge in [0.05, 0.1) is 0 Å². The van der Waals surface area contributed by atoms with Crippen molar-refractivity contribution >= 4 is 0 Å². The van der Waals surface area contributed by atoms with E-state index in [9.17, 15) is 9.50 Å². The van der Waals surface area contributed by atoms with E-state index in [4.69, 9.17) is 4.74 Å². The van der Waals surface area contributed by atoms with Crippen LogP contribution in [0.4, 0.5) is 4.39 Å². The molecule has 0 bridgehead atoms. The summed E-state index contributed by atoms with van der Waals surface area (Å²) >= 11 is 0. The van der Waals surface area contributed by atoms with E-state index in [2.05, 4.69) is 15.1 Å². The van der Waals surface area contributed by atoms with E-state index in [0.717, 1.165) is 18.8 Å². The van der Waals surface area contributed by atoms with Crippen molar-refractivity contribution in [2.24, 2.45) is 0 Å². The molecule has 2 aromatic rings. The van der Waals surface area contributed by atoms with Crippen LogP contribution in [0.25, 0.3) is 0 Å². The predicted molar refractivity (Wildman–Crippen MR) is 75.3 cm³/mol. The van der Waals surface area contributed by atoms with Crippen molar-refractivity contribution in [3.05, 3.63) is 48.0 Å². The standard InChI is InChI=1S/C15H18FN3O2/c16-12-2-1-3-14(8-12)21-11-15(20)5-7-19(10-15)9-13-4-6-17-18-13/h1-4,6,8,20H,5,7,9-11H2,(H,17,18)/t15-/m0/s1. The van der Waals surface area contributed by atoms with E-state index < -0.39 is 5.60 Å². The van der Waals surface area contributed by atoms with Gasteiger partial charge in [0.2, 0.25) is 0 Å². The third-order valence-corrected chi connectivity index (χ3v) is 3.67. The van der Waals surface area contributed by atoms with Gasteiger partial charge < -0.3 is 9.84 Å².